The molecule has 1 fully saturated rings. The molecule has 0 radical (unpaired) electrons. The molecule has 2 aromatic rings. The molecule has 0 spiro atoms. The molecular weight excluding hydrogens is 370 g/mol. The Balaban J connectivity index is 1.58. The van der Waals surface area contributed by atoms with Gasteiger partial charge in [0.25, 0.3) is 0 Å². The van der Waals surface area contributed by atoms with Crippen molar-refractivity contribution in [1.82, 2.24) is 15.6 Å². The summed E-state index contributed by atoms with van der Waals surface area (Å²) in [7, 11) is 0. The number of thiophene rings is 1. The van der Waals surface area contributed by atoms with Gasteiger partial charge in [0.05, 0.1) is 25.3 Å². The molecule has 7 heteroatoms. The first kappa shape index (κ1) is 20.6. The highest BCUT2D eigenvalue weighted by Crippen LogP contribution is 2.18. The van der Waals surface area contributed by atoms with E-state index < -0.39 is 0 Å². The minimum Gasteiger partial charge on any atom is -0.372 e. The minimum absolute atomic E-state index is 0.232. The van der Waals surface area contributed by atoms with Gasteiger partial charge in [0.15, 0.2) is 5.96 Å². The number of aliphatic imine (C=N–C) groups is 1. The zero-order valence-electron chi connectivity index (χ0n) is 17.2. The Bertz CT molecular complexity index is 763. The van der Waals surface area contributed by atoms with Crippen LogP contribution in [0.5, 0.6) is 0 Å². The van der Waals surface area contributed by atoms with Gasteiger partial charge in [-0.05, 0) is 56.3 Å². The normalized spacial score (nSPS) is 20.3. The van der Waals surface area contributed by atoms with E-state index in [9.17, 15) is 0 Å². The summed E-state index contributed by atoms with van der Waals surface area (Å²) in [5, 5.41) is 8.85. The van der Waals surface area contributed by atoms with Crippen LogP contribution >= 0.6 is 11.3 Å². The average Bonchev–Trinajstić information content (AvgIpc) is 3.08. The Kier molecular flexibility index (Phi) is 7.28. The minimum atomic E-state index is 0.232. The number of guanidine groups is 1. The van der Waals surface area contributed by atoms with Crippen LogP contribution in [0, 0.1) is 6.92 Å². The molecule has 0 aliphatic carbocycles. The number of aromatic nitrogens is 1. The van der Waals surface area contributed by atoms with Crippen molar-refractivity contribution in [1.29, 1.82) is 0 Å². The van der Waals surface area contributed by atoms with E-state index in [1.807, 2.05) is 6.20 Å². The van der Waals surface area contributed by atoms with Crippen LogP contribution in [0.2, 0.25) is 0 Å². The maximum atomic E-state index is 5.81. The highest BCUT2D eigenvalue weighted by molar-refractivity contribution is 7.10. The van der Waals surface area contributed by atoms with Gasteiger partial charge in [-0.3, -0.25) is 0 Å². The number of aryl methyl sites for hydroxylation is 1. The fourth-order valence-corrected chi connectivity index (χ4v) is 4.17. The number of hydrogen-bond donors (Lipinski definition) is 2. The van der Waals surface area contributed by atoms with Gasteiger partial charge >= 0.3 is 0 Å². The summed E-state index contributed by atoms with van der Waals surface area (Å²) >= 11 is 1.77. The molecule has 6 nitrogen and oxygen atoms in total. The Hall–Kier alpha value is -2.12. The number of rotatable bonds is 6. The maximum Gasteiger partial charge on any atom is 0.191 e. The molecule has 2 atom stereocenters. The smallest absolute Gasteiger partial charge is 0.191 e. The van der Waals surface area contributed by atoms with Crippen LogP contribution in [0.4, 0.5) is 5.82 Å². The lowest BCUT2D eigenvalue weighted by Crippen LogP contribution is -2.45. The average molecular weight is 402 g/mol. The van der Waals surface area contributed by atoms with Crippen molar-refractivity contribution < 1.29 is 4.74 Å². The van der Waals surface area contributed by atoms with Crippen molar-refractivity contribution in [2.45, 2.75) is 53.0 Å². The lowest BCUT2D eigenvalue weighted by molar-refractivity contribution is -0.00545. The monoisotopic (exact) mass is 401 g/mol. The summed E-state index contributed by atoms with van der Waals surface area (Å²) in [6, 6.07) is 6.35. The third kappa shape index (κ3) is 5.69. The molecule has 1 aliphatic heterocycles. The molecular formula is C21H31N5OS. The van der Waals surface area contributed by atoms with Crippen molar-refractivity contribution in [2.75, 3.05) is 24.5 Å². The Morgan fingerprint density at radius 2 is 2.04 bits per heavy atom. The summed E-state index contributed by atoms with van der Waals surface area (Å²) in [6.45, 7) is 12.4. The van der Waals surface area contributed by atoms with E-state index in [2.05, 4.69) is 71.8 Å². The molecule has 3 rings (SSSR count). The number of nitrogens with one attached hydrogen (secondary N) is 2. The maximum absolute atomic E-state index is 5.81. The Morgan fingerprint density at radius 3 is 2.64 bits per heavy atom. The van der Waals surface area contributed by atoms with Crippen molar-refractivity contribution in [3.63, 3.8) is 0 Å². The van der Waals surface area contributed by atoms with E-state index in [-0.39, 0.29) is 12.2 Å². The van der Waals surface area contributed by atoms with Gasteiger partial charge in [-0.1, -0.05) is 6.07 Å². The molecule has 0 saturated carbocycles. The number of pyridine rings is 1. The number of anilines is 1. The van der Waals surface area contributed by atoms with Crippen LogP contribution < -0.4 is 15.5 Å². The van der Waals surface area contributed by atoms with Crippen LogP contribution in [-0.2, 0) is 17.8 Å². The molecule has 1 aliphatic rings. The predicted molar refractivity (Wildman–Crippen MR) is 117 cm³/mol. The van der Waals surface area contributed by atoms with E-state index in [0.29, 0.717) is 6.54 Å². The third-order valence-corrected chi connectivity index (χ3v) is 5.72. The highest BCUT2D eigenvalue weighted by Gasteiger charge is 2.22. The SMILES string of the molecule is CCNC(=NCc1ccc(N2CC(C)OC(C)C2)nc1)NCc1sccc1C. The first-order valence-corrected chi connectivity index (χ1v) is 10.8. The van der Waals surface area contributed by atoms with Gasteiger partial charge in [0.2, 0.25) is 0 Å². The van der Waals surface area contributed by atoms with Crippen molar-refractivity contribution in [3.8, 4) is 0 Å². The first-order valence-electron chi connectivity index (χ1n) is 9.95. The molecule has 0 bridgehead atoms. The molecule has 152 valence electrons. The predicted octanol–water partition coefficient (Wildman–Crippen LogP) is 3.32. The van der Waals surface area contributed by atoms with E-state index in [1.165, 1.54) is 10.4 Å². The third-order valence-electron chi connectivity index (χ3n) is 4.70. The van der Waals surface area contributed by atoms with Crippen LogP contribution in [-0.4, -0.2) is 42.8 Å². The molecule has 3 heterocycles. The van der Waals surface area contributed by atoms with Crippen molar-refractivity contribution >= 4 is 23.1 Å². The van der Waals surface area contributed by atoms with E-state index in [4.69, 9.17) is 9.73 Å². The van der Waals surface area contributed by atoms with Crippen molar-refractivity contribution in [3.05, 3.63) is 45.8 Å². The summed E-state index contributed by atoms with van der Waals surface area (Å²) in [4.78, 5) is 13.0. The Labute approximate surface area is 172 Å². The van der Waals surface area contributed by atoms with Gasteiger partial charge in [0, 0.05) is 30.7 Å². The van der Waals surface area contributed by atoms with Crippen molar-refractivity contribution in [2.24, 2.45) is 4.99 Å². The topological polar surface area (TPSA) is 61.8 Å². The summed E-state index contributed by atoms with van der Waals surface area (Å²) in [5.41, 5.74) is 2.42. The van der Waals surface area contributed by atoms with E-state index >= 15 is 0 Å². The fraction of sp³-hybridized carbons (Fsp3) is 0.524. The van der Waals surface area contributed by atoms with Gasteiger partial charge in [-0.2, -0.15) is 0 Å². The number of ether oxygens (including phenoxy) is 1. The summed E-state index contributed by atoms with van der Waals surface area (Å²) in [6.07, 6.45) is 2.39. The summed E-state index contributed by atoms with van der Waals surface area (Å²) < 4.78 is 5.81. The van der Waals surface area contributed by atoms with Crippen LogP contribution in [0.25, 0.3) is 0 Å². The van der Waals surface area contributed by atoms with Crippen LogP contribution in [0.15, 0.2) is 34.8 Å². The Morgan fingerprint density at radius 1 is 1.25 bits per heavy atom. The number of nitrogens with zero attached hydrogens (tertiary/aromatic N) is 3. The number of hydrogen-bond acceptors (Lipinski definition) is 5. The second kappa shape index (κ2) is 9.89. The van der Waals surface area contributed by atoms with Crippen LogP contribution in [0.1, 0.15) is 36.8 Å². The van der Waals surface area contributed by atoms with E-state index in [1.54, 1.807) is 11.3 Å². The zero-order valence-corrected chi connectivity index (χ0v) is 18.1. The molecule has 2 unspecified atom stereocenters. The second-order valence-corrected chi connectivity index (χ2v) is 8.26. The van der Waals surface area contributed by atoms with Gasteiger partial charge < -0.3 is 20.3 Å². The first-order chi connectivity index (χ1) is 13.5. The molecule has 0 amide bonds. The van der Waals surface area contributed by atoms with Gasteiger partial charge in [-0.25, -0.2) is 9.98 Å². The largest absolute Gasteiger partial charge is 0.372 e. The lowest BCUT2D eigenvalue weighted by atomic mass is 10.2. The van der Waals surface area contributed by atoms with E-state index in [0.717, 1.165) is 43.5 Å². The fourth-order valence-electron chi connectivity index (χ4n) is 3.32. The second-order valence-electron chi connectivity index (χ2n) is 7.26. The number of morpholine rings is 1. The quantitative estimate of drug-likeness (QED) is 0.574. The lowest BCUT2D eigenvalue weighted by Gasteiger charge is -2.36. The highest BCUT2D eigenvalue weighted by atomic mass is 32.1. The molecule has 1 saturated heterocycles. The molecule has 2 N–H and O–H groups in total. The zero-order chi connectivity index (χ0) is 19.9. The van der Waals surface area contributed by atoms with Gasteiger partial charge in [-0.15, -0.1) is 11.3 Å². The standard InChI is InChI=1S/C21H31N5OS/c1-5-22-21(25-12-19-15(2)8-9-28-19)24-11-18-6-7-20(23-10-18)26-13-16(3)27-17(4)14-26/h6-10,16-17H,5,11-14H2,1-4H3,(H2,22,24,25). The summed E-state index contributed by atoms with van der Waals surface area (Å²) in [5.74, 6) is 1.84. The molecule has 28 heavy (non-hydrogen) atoms. The molecule has 0 aromatic carbocycles. The van der Waals surface area contributed by atoms with Crippen LogP contribution in [0.3, 0.4) is 0 Å². The molecule has 2 aromatic heterocycles. The van der Waals surface area contributed by atoms with Gasteiger partial charge in [0.1, 0.15) is 5.82 Å².